The van der Waals surface area contributed by atoms with E-state index in [0.29, 0.717) is 17.7 Å². The molecule has 3 unspecified atom stereocenters. The molecule has 0 bridgehead atoms. The Hall–Kier alpha value is -1.07. The van der Waals surface area contributed by atoms with E-state index in [1.54, 1.807) is 0 Å². The Morgan fingerprint density at radius 1 is 1.44 bits per heavy atom. The largest absolute Gasteiger partial charge is 0.355 e. The van der Waals surface area contributed by atoms with E-state index in [0.717, 1.165) is 19.5 Å². The summed E-state index contributed by atoms with van der Waals surface area (Å²) in [7, 11) is 0. The Bertz CT molecular complexity index is 503. The van der Waals surface area contributed by atoms with Crippen LogP contribution >= 0.6 is 11.6 Å². The first-order chi connectivity index (χ1) is 8.66. The quantitative estimate of drug-likeness (QED) is 0.796. The van der Waals surface area contributed by atoms with Gasteiger partial charge in [0, 0.05) is 19.1 Å². The van der Waals surface area contributed by atoms with Crippen molar-refractivity contribution in [3.63, 3.8) is 0 Å². The number of hydrogen-bond donors (Lipinski definition) is 2. The van der Waals surface area contributed by atoms with E-state index in [-0.39, 0.29) is 16.6 Å². The van der Waals surface area contributed by atoms with Crippen molar-refractivity contribution >= 4 is 17.4 Å². The van der Waals surface area contributed by atoms with Gasteiger partial charge in [0.2, 0.25) is 0 Å². The molecule has 6 heteroatoms. The van der Waals surface area contributed by atoms with Crippen LogP contribution < -0.4 is 16.2 Å². The summed E-state index contributed by atoms with van der Waals surface area (Å²) < 4.78 is 0. The number of halogens is 1. The molecule has 3 atom stereocenters. The maximum Gasteiger partial charge on any atom is 0.271 e. The van der Waals surface area contributed by atoms with Gasteiger partial charge in [0.25, 0.3) is 5.56 Å². The van der Waals surface area contributed by atoms with E-state index in [2.05, 4.69) is 14.9 Å². The number of nitrogens with two attached hydrogens (primary N) is 1. The van der Waals surface area contributed by atoms with Crippen molar-refractivity contribution < 1.29 is 0 Å². The molecular formula is C12H17ClN4O. The van der Waals surface area contributed by atoms with E-state index < -0.39 is 0 Å². The van der Waals surface area contributed by atoms with Crippen molar-refractivity contribution in [1.29, 1.82) is 0 Å². The predicted molar refractivity (Wildman–Crippen MR) is 70.9 cm³/mol. The van der Waals surface area contributed by atoms with E-state index in [1.807, 2.05) is 0 Å². The van der Waals surface area contributed by atoms with Gasteiger partial charge in [0.05, 0.1) is 6.33 Å². The summed E-state index contributed by atoms with van der Waals surface area (Å²) in [5, 5.41) is 0.185. The molecule has 0 amide bonds. The molecule has 0 spiro atoms. The van der Waals surface area contributed by atoms with Gasteiger partial charge in [0.15, 0.2) is 5.82 Å². The molecule has 2 fully saturated rings. The number of anilines is 1. The van der Waals surface area contributed by atoms with Gasteiger partial charge in [-0.15, -0.1) is 0 Å². The number of rotatable bonds is 1. The Balaban J connectivity index is 1.87. The first-order valence-electron chi connectivity index (χ1n) is 6.40. The monoisotopic (exact) mass is 268 g/mol. The molecular weight excluding hydrogens is 252 g/mol. The Morgan fingerprint density at radius 2 is 2.28 bits per heavy atom. The van der Waals surface area contributed by atoms with Gasteiger partial charge >= 0.3 is 0 Å². The smallest absolute Gasteiger partial charge is 0.271 e. The second kappa shape index (κ2) is 4.55. The maximum atomic E-state index is 11.5. The fraction of sp³-hybridized carbons (Fsp3) is 0.667. The Morgan fingerprint density at radius 3 is 3.06 bits per heavy atom. The second-order valence-electron chi connectivity index (χ2n) is 5.29. The molecule has 3 rings (SSSR count). The molecule has 3 N–H and O–H groups in total. The number of nitrogens with zero attached hydrogens (tertiary/aromatic N) is 2. The molecule has 0 radical (unpaired) electrons. The summed E-state index contributed by atoms with van der Waals surface area (Å²) in [5.41, 5.74) is 5.90. The topological polar surface area (TPSA) is 75.0 Å². The molecule has 0 aromatic carbocycles. The first kappa shape index (κ1) is 12.0. The van der Waals surface area contributed by atoms with Crippen LogP contribution in [0.25, 0.3) is 0 Å². The molecule has 1 saturated heterocycles. The lowest BCUT2D eigenvalue weighted by atomic mass is 9.78. The summed E-state index contributed by atoms with van der Waals surface area (Å²) in [6, 6.07) is 0.273. The molecule has 1 aromatic heterocycles. The zero-order valence-corrected chi connectivity index (χ0v) is 10.9. The minimum atomic E-state index is -0.277. The SMILES string of the molecule is NC1CCCC2CN(c3nc[nH]c(=O)c3Cl)CC12. The van der Waals surface area contributed by atoms with Crippen molar-refractivity contribution in [1.82, 2.24) is 9.97 Å². The van der Waals surface area contributed by atoms with Gasteiger partial charge in [0.1, 0.15) is 5.02 Å². The van der Waals surface area contributed by atoms with Crippen LogP contribution in [-0.2, 0) is 0 Å². The third-order valence-electron chi connectivity index (χ3n) is 4.23. The Kier molecular flexibility index (Phi) is 3.03. The summed E-state index contributed by atoms with van der Waals surface area (Å²) >= 11 is 6.03. The number of aromatic amines is 1. The zero-order valence-electron chi connectivity index (χ0n) is 10.1. The fourth-order valence-corrected chi connectivity index (χ4v) is 3.51. The highest BCUT2D eigenvalue weighted by Crippen LogP contribution is 2.37. The van der Waals surface area contributed by atoms with Crippen molar-refractivity contribution in [3.8, 4) is 0 Å². The van der Waals surface area contributed by atoms with Crippen LogP contribution in [0.3, 0.4) is 0 Å². The van der Waals surface area contributed by atoms with E-state index in [1.165, 1.54) is 19.2 Å². The predicted octanol–water partition coefficient (Wildman–Crippen LogP) is 0.987. The van der Waals surface area contributed by atoms with Gasteiger partial charge in [-0.2, -0.15) is 0 Å². The normalized spacial score (nSPS) is 31.4. The molecule has 1 aromatic rings. The highest BCUT2D eigenvalue weighted by Gasteiger charge is 2.39. The van der Waals surface area contributed by atoms with Gasteiger partial charge < -0.3 is 15.6 Å². The lowest BCUT2D eigenvalue weighted by Gasteiger charge is -2.29. The molecule has 1 aliphatic carbocycles. The summed E-state index contributed by atoms with van der Waals surface area (Å²) in [5.74, 6) is 1.73. The molecule has 2 heterocycles. The average Bonchev–Trinajstić information content (AvgIpc) is 2.78. The van der Waals surface area contributed by atoms with Crippen LogP contribution in [0.15, 0.2) is 11.1 Å². The summed E-state index contributed by atoms with van der Waals surface area (Å²) in [6.45, 7) is 1.77. The molecule has 1 saturated carbocycles. The summed E-state index contributed by atoms with van der Waals surface area (Å²) in [6.07, 6.45) is 4.93. The molecule has 2 aliphatic rings. The fourth-order valence-electron chi connectivity index (χ4n) is 3.28. The minimum absolute atomic E-state index is 0.185. The highest BCUT2D eigenvalue weighted by atomic mass is 35.5. The number of aromatic nitrogens is 2. The number of hydrogen-bond acceptors (Lipinski definition) is 4. The highest BCUT2D eigenvalue weighted by molar-refractivity contribution is 6.32. The van der Waals surface area contributed by atoms with Crippen LogP contribution in [-0.4, -0.2) is 29.1 Å². The van der Waals surface area contributed by atoms with E-state index >= 15 is 0 Å². The van der Waals surface area contributed by atoms with Gasteiger partial charge in [-0.3, -0.25) is 4.79 Å². The minimum Gasteiger partial charge on any atom is -0.355 e. The van der Waals surface area contributed by atoms with E-state index in [9.17, 15) is 4.79 Å². The average molecular weight is 269 g/mol. The molecule has 1 aliphatic heterocycles. The first-order valence-corrected chi connectivity index (χ1v) is 6.78. The van der Waals surface area contributed by atoms with Crippen molar-refractivity contribution in [2.45, 2.75) is 25.3 Å². The van der Waals surface area contributed by atoms with Gasteiger partial charge in [-0.05, 0) is 24.7 Å². The molecule has 98 valence electrons. The van der Waals surface area contributed by atoms with Crippen LogP contribution in [0.2, 0.25) is 5.02 Å². The second-order valence-corrected chi connectivity index (χ2v) is 5.67. The molecule has 18 heavy (non-hydrogen) atoms. The van der Waals surface area contributed by atoms with Gasteiger partial charge in [-0.1, -0.05) is 18.0 Å². The van der Waals surface area contributed by atoms with Crippen molar-refractivity contribution in [3.05, 3.63) is 21.7 Å². The third kappa shape index (κ3) is 1.91. The van der Waals surface area contributed by atoms with E-state index in [4.69, 9.17) is 17.3 Å². The van der Waals surface area contributed by atoms with Crippen LogP contribution in [0.4, 0.5) is 5.82 Å². The summed E-state index contributed by atoms with van der Waals surface area (Å²) in [4.78, 5) is 20.3. The van der Waals surface area contributed by atoms with Gasteiger partial charge in [-0.25, -0.2) is 4.98 Å². The molecule has 5 nitrogen and oxygen atoms in total. The maximum absolute atomic E-state index is 11.5. The zero-order chi connectivity index (χ0) is 12.7. The number of nitrogens with one attached hydrogen (secondary N) is 1. The van der Waals surface area contributed by atoms with Crippen LogP contribution in [0.5, 0.6) is 0 Å². The van der Waals surface area contributed by atoms with Crippen LogP contribution in [0.1, 0.15) is 19.3 Å². The Labute approximate surface area is 110 Å². The van der Waals surface area contributed by atoms with Crippen molar-refractivity contribution in [2.24, 2.45) is 17.6 Å². The van der Waals surface area contributed by atoms with Crippen molar-refractivity contribution in [2.75, 3.05) is 18.0 Å². The number of fused-ring (bicyclic) bond motifs is 1. The standard InChI is InChI=1S/C12H17ClN4O/c13-10-11(15-6-16-12(10)18)17-4-7-2-1-3-9(14)8(7)5-17/h6-9H,1-5,14H2,(H,15,16,18). The third-order valence-corrected chi connectivity index (χ3v) is 4.57. The lowest BCUT2D eigenvalue weighted by molar-refractivity contribution is 0.260. The lowest BCUT2D eigenvalue weighted by Crippen LogP contribution is -2.38. The van der Waals surface area contributed by atoms with Crippen LogP contribution in [0, 0.1) is 11.8 Å². The number of H-pyrrole nitrogens is 1.